The van der Waals surface area contributed by atoms with E-state index in [9.17, 15) is 4.79 Å². The Bertz CT molecular complexity index is 802. The van der Waals surface area contributed by atoms with Crippen molar-refractivity contribution in [1.82, 2.24) is 0 Å². The van der Waals surface area contributed by atoms with E-state index >= 15 is 0 Å². The summed E-state index contributed by atoms with van der Waals surface area (Å²) in [5, 5.41) is 14.6. The Morgan fingerprint density at radius 3 is 2.58 bits per heavy atom. The molecule has 0 saturated heterocycles. The summed E-state index contributed by atoms with van der Waals surface area (Å²) in [6, 6.07) is 16.5. The predicted octanol–water partition coefficient (Wildman–Crippen LogP) is 3.99. The number of carbonyl (C=O) groups excluding carboxylic acids is 1. The number of nitrogens with two attached hydrogens (primary N) is 1. The Morgan fingerprint density at radius 1 is 1.25 bits per heavy atom. The Balaban J connectivity index is 1.85. The first kappa shape index (κ1) is 17.1. The van der Waals surface area contributed by atoms with E-state index in [1.165, 1.54) is 0 Å². The van der Waals surface area contributed by atoms with Crippen LogP contribution in [0.1, 0.15) is 12.5 Å². The number of nitrogens with zero attached hydrogens (tertiary/aromatic N) is 1. The van der Waals surface area contributed by atoms with Gasteiger partial charge in [0.1, 0.15) is 0 Å². The van der Waals surface area contributed by atoms with Crippen LogP contribution in [0.25, 0.3) is 11.1 Å². The molecule has 2 aromatic carbocycles. The number of hydrogen-bond acceptors (Lipinski definition) is 4. The van der Waals surface area contributed by atoms with E-state index in [2.05, 4.69) is 31.2 Å². The van der Waals surface area contributed by atoms with Gasteiger partial charge in [0.05, 0.1) is 0 Å². The van der Waals surface area contributed by atoms with Crippen molar-refractivity contribution in [3.05, 3.63) is 51.6 Å². The first-order valence-electron chi connectivity index (χ1n) is 7.63. The molecule has 0 saturated carbocycles. The van der Waals surface area contributed by atoms with Crippen LogP contribution in [0.3, 0.4) is 0 Å². The molecule has 1 aliphatic rings. The average molecular weight is 448 g/mol. The van der Waals surface area contributed by atoms with Gasteiger partial charge in [0, 0.05) is 0 Å². The van der Waals surface area contributed by atoms with Gasteiger partial charge in [0.25, 0.3) is 0 Å². The fraction of sp³-hybridized carbons (Fsp3) is 0.222. The summed E-state index contributed by atoms with van der Waals surface area (Å²) in [6.45, 7) is 2.06. The van der Waals surface area contributed by atoms with E-state index in [0.29, 0.717) is 6.42 Å². The van der Waals surface area contributed by atoms with Gasteiger partial charge in [0.15, 0.2) is 0 Å². The predicted molar refractivity (Wildman–Crippen MR) is 104 cm³/mol. The molecule has 24 heavy (non-hydrogen) atoms. The molecule has 3 rings (SSSR count). The molecule has 4 nitrogen and oxygen atoms in total. The van der Waals surface area contributed by atoms with Gasteiger partial charge in [-0.25, -0.2) is 0 Å². The minimum atomic E-state index is -1.84. The first-order chi connectivity index (χ1) is 11.7. The maximum atomic E-state index is 11.9. The Morgan fingerprint density at radius 2 is 1.96 bits per heavy atom. The van der Waals surface area contributed by atoms with E-state index in [1.807, 2.05) is 24.3 Å². The number of rotatable bonds is 5. The Kier molecular flexibility index (Phi) is 5.33. The van der Waals surface area contributed by atoms with Crippen LogP contribution in [-0.4, -0.2) is 18.1 Å². The van der Waals surface area contributed by atoms with Gasteiger partial charge in [-0.3, -0.25) is 0 Å². The van der Waals surface area contributed by atoms with E-state index in [4.69, 9.17) is 15.4 Å². The number of nitriles is 1. The van der Waals surface area contributed by atoms with Gasteiger partial charge in [-0.05, 0) is 0 Å². The van der Waals surface area contributed by atoms with E-state index in [0.717, 1.165) is 30.4 Å². The number of halogens is 1. The van der Waals surface area contributed by atoms with Crippen LogP contribution in [0.4, 0.5) is 4.79 Å². The zero-order chi connectivity index (χ0) is 17.1. The molecule has 1 atom stereocenters. The molecule has 0 aromatic heterocycles. The summed E-state index contributed by atoms with van der Waals surface area (Å²) in [7, 11) is 0.141. The Labute approximate surface area is 151 Å². The topological polar surface area (TPSA) is 76.1 Å². The molecule has 0 unspecified atom stereocenters. The molecule has 0 bridgehead atoms. The molecule has 0 fully saturated rings. The molecule has 0 amide bonds. The second-order valence-corrected chi connectivity index (χ2v) is 12.0. The van der Waals surface area contributed by atoms with Crippen LogP contribution in [0.5, 0.6) is 5.75 Å². The summed E-state index contributed by atoms with van der Waals surface area (Å²) in [6.07, 6.45) is 0.684. The van der Waals surface area contributed by atoms with Crippen molar-refractivity contribution in [2.75, 3.05) is 4.43 Å². The quantitative estimate of drug-likeness (QED) is 0.325. The molecule has 1 heterocycles. The zero-order valence-corrected chi connectivity index (χ0v) is 16.4. The molecule has 122 valence electrons. The van der Waals surface area contributed by atoms with Crippen molar-refractivity contribution in [2.45, 2.75) is 18.9 Å². The average Bonchev–Trinajstić information content (AvgIpc) is 2.94. The summed E-state index contributed by atoms with van der Waals surface area (Å²) >= 11 is -1.84. The number of benzene rings is 2. The van der Waals surface area contributed by atoms with Gasteiger partial charge in [-0.2, -0.15) is 0 Å². The Hall–Kier alpha value is -1.69. The molecular weight excluding hydrogens is 431 g/mol. The number of ether oxygens (including phenoxy) is 1. The minimum absolute atomic E-state index is 0.00522. The molecule has 2 aromatic rings. The number of carbonyl (C=O) groups is 1. The third-order valence-electron chi connectivity index (χ3n) is 3.91. The fourth-order valence-corrected chi connectivity index (χ4v) is 7.11. The molecule has 0 spiro atoms. The fourth-order valence-electron chi connectivity index (χ4n) is 2.62. The third-order valence-corrected chi connectivity index (χ3v) is 9.70. The van der Waals surface area contributed by atoms with Crippen molar-refractivity contribution in [2.24, 2.45) is 5.40 Å². The van der Waals surface area contributed by atoms with Gasteiger partial charge < -0.3 is 0 Å². The maximum absolute atomic E-state index is 11.9. The molecule has 0 aliphatic carbocycles. The van der Waals surface area contributed by atoms with Crippen LogP contribution in [0, 0.1) is 14.9 Å². The zero-order valence-electron chi connectivity index (χ0n) is 13.3. The van der Waals surface area contributed by atoms with Crippen molar-refractivity contribution in [1.29, 1.82) is 5.26 Å². The van der Waals surface area contributed by atoms with Crippen molar-refractivity contribution >= 4 is 33.5 Å². The van der Waals surface area contributed by atoms with Gasteiger partial charge >= 0.3 is 152 Å². The summed E-state index contributed by atoms with van der Waals surface area (Å²) < 4.78 is 7.40. The molecular formula is C18H17IN2O2Si. The van der Waals surface area contributed by atoms with E-state index in [-0.39, 0.29) is 19.2 Å². The van der Waals surface area contributed by atoms with Crippen molar-refractivity contribution in [3.63, 3.8) is 0 Å². The van der Waals surface area contributed by atoms with E-state index in [1.54, 1.807) is 0 Å². The van der Waals surface area contributed by atoms with Crippen LogP contribution in [0.2, 0.25) is 5.54 Å². The molecule has 2 radical (unpaired) electrons. The first-order valence-corrected chi connectivity index (χ1v) is 12.5. The normalized spacial score (nSPS) is 15.5. The third kappa shape index (κ3) is 3.38. The summed E-state index contributed by atoms with van der Waals surface area (Å²) in [5.41, 5.74) is 3.21. The standard InChI is InChI=1S/C18H17IN2O2Si/c1-2-19-16-10-14(7-8-17(16)23-18(19)22)13-5-3-12(4-6-13)9-15(11-20)24-21/h3-8,10,15H,2,9,21H2,1H3/t15-/m0/s1. The van der Waals surface area contributed by atoms with Crippen LogP contribution in [0.15, 0.2) is 42.5 Å². The SMILES string of the molecule is CCI1C(=O)Oc2ccc(-c3ccc(C[C@@H](C#N)[Si]N)cc3)cc21. The summed E-state index contributed by atoms with van der Waals surface area (Å²) in [5.74, 6) is 0.744. The van der Waals surface area contributed by atoms with E-state index < -0.39 is 19.8 Å². The monoisotopic (exact) mass is 448 g/mol. The molecule has 6 heteroatoms. The van der Waals surface area contributed by atoms with Gasteiger partial charge in [-0.1, -0.05) is 0 Å². The van der Waals surface area contributed by atoms with Crippen LogP contribution < -0.4 is 10.1 Å². The second-order valence-electron chi connectivity index (χ2n) is 5.36. The van der Waals surface area contributed by atoms with Crippen LogP contribution in [-0.2, 0) is 6.42 Å². The number of fused-ring (bicyclic) bond motifs is 1. The van der Waals surface area contributed by atoms with Crippen molar-refractivity contribution in [3.8, 4) is 22.9 Å². The van der Waals surface area contributed by atoms with Crippen molar-refractivity contribution < 1.29 is 9.53 Å². The number of alkyl halides is 1. The molecule has 2 N–H and O–H groups in total. The van der Waals surface area contributed by atoms with Gasteiger partial charge in [-0.15, -0.1) is 0 Å². The van der Waals surface area contributed by atoms with Crippen LogP contribution >= 0.6 is 19.8 Å². The molecule has 1 aliphatic heterocycles. The summed E-state index contributed by atoms with van der Waals surface area (Å²) in [4.78, 5) is 11.9. The van der Waals surface area contributed by atoms with Gasteiger partial charge in [0.2, 0.25) is 0 Å². The number of hydrogen-bond donors (Lipinski definition) is 1. The second kappa shape index (κ2) is 7.47.